The van der Waals surface area contributed by atoms with Gasteiger partial charge in [-0.05, 0) is 12.1 Å². The number of hydrogen-bond acceptors (Lipinski definition) is 3. The summed E-state index contributed by atoms with van der Waals surface area (Å²) in [5.74, 6) is -0.272. The van der Waals surface area contributed by atoms with E-state index < -0.39 is 21.8 Å². The maximum atomic E-state index is 12.7. The molecule has 0 saturated carbocycles. The van der Waals surface area contributed by atoms with Gasteiger partial charge in [0.05, 0.1) is 11.3 Å². The molecule has 1 aromatic rings. The highest BCUT2D eigenvalue weighted by molar-refractivity contribution is 7.89. The van der Waals surface area contributed by atoms with Crippen molar-refractivity contribution in [3.8, 4) is 0 Å². The Morgan fingerprint density at radius 3 is 2.32 bits per heavy atom. The zero-order valence-electron chi connectivity index (χ0n) is 10.5. The molecule has 0 spiro atoms. The first-order valence-electron chi connectivity index (χ1n) is 5.45. The van der Waals surface area contributed by atoms with E-state index in [2.05, 4.69) is 5.32 Å². The normalized spacial score (nSPS) is 12.7. The van der Waals surface area contributed by atoms with Crippen LogP contribution in [0.3, 0.4) is 0 Å². The fraction of sp³-hybridized carbons (Fsp3) is 0.455. The van der Waals surface area contributed by atoms with Gasteiger partial charge >= 0.3 is 6.18 Å². The minimum atomic E-state index is -4.47. The molecule has 0 aromatic heterocycles. The van der Waals surface area contributed by atoms with Crippen LogP contribution in [0.4, 0.5) is 18.9 Å². The summed E-state index contributed by atoms with van der Waals surface area (Å²) in [7, 11) is -0.679. The molecule has 1 rings (SSSR count). The third-order valence-electron chi connectivity index (χ3n) is 2.46. The van der Waals surface area contributed by atoms with Crippen molar-refractivity contribution in [2.45, 2.75) is 6.18 Å². The Morgan fingerprint density at radius 2 is 1.79 bits per heavy atom. The van der Waals surface area contributed by atoms with Crippen molar-refractivity contribution in [1.29, 1.82) is 0 Å². The van der Waals surface area contributed by atoms with Crippen LogP contribution in [0.1, 0.15) is 5.56 Å². The van der Waals surface area contributed by atoms with Crippen molar-refractivity contribution in [1.82, 2.24) is 4.31 Å². The molecule has 0 heterocycles. The van der Waals surface area contributed by atoms with Gasteiger partial charge in [-0.1, -0.05) is 12.1 Å². The van der Waals surface area contributed by atoms with E-state index in [4.69, 9.17) is 0 Å². The number of rotatable bonds is 5. The Kier molecular flexibility index (Phi) is 4.81. The topological polar surface area (TPSA) is 49.4 Å². The molecule has 0 bridgehead atoms. The highest BCUT2D eigenvalue weighted by Crippen LogP contribution is 2.34. The second-order valence-corrected chi connectivity index (χ2v) is 6.37. The summed E-state index contributed by atoms with van der Waals surface area (Å²) in [6.45, 7) is -0.0897. The molecule has 19 heavy (non-hydrogen) atoms. The lowest BCUT2D eigenvalue weighted by Gasteiger charge is -2.15. The van der Waals surface area contributed by atoms with Crippen molar-refractivity contribution in [2.24, 2.45) is 0 Å². The van der Waals surface area contributed by atoms with Crippen LogP contribution in [0.2, 0.25) is 0 Å². The summed E-state index contributed by atoms with van der Waals surface area (Å²) in [4.78, 5) is 0. The third-order valence-corrected chi connectivity index (χ3v) is 4.30. The first-order valence-corrected chi connectivity index (χ1v) is 7.06. The molecule has 0 unspecified atom stereocenters. The van der Waals surface area contributed by atoms with Gasteiger partial charge in [0, 0.05) is 26.3 Å². The van der Waals surface area contributed by atoms with E-state index in [9.17, 15) is 21.6 Å². The van der Waals surface area contributed by atoms with Crippen LogP contribution < -0.4 is 5.32 Å². The van der Waals surface area contributed by atoms with Crippen molar-refractivity contribution in [3.05, 3.63) is 29.8 Å². The van der Waals surface area contributed by atoms with Gasteiger partial charge in [0.1, 0.15) is 0 Å². The fourth-order valence-corrected chi connectivity index (χ4v) is 2.11. The first-order chi connectivity index (χ1) is 8.64. The SMILES string of the molecule is CN(C)S(=O)(=O)CCNc1ccccc1C(F)(F)F. The van der Waals surface area contributed by atoms with Gasteiger partial charge in [0.15, 0.2) is 0 Å². The second-order valence-electron chi connectivity index (χ2n) is 4.07. The number of sulfonamides is 1. The maximum Gasteiger partial charge on any atom is 0.418 e. The monoisotopic (exact) mass is 296 g/mol. The van der Waals surface area contributed by atoms with Crippen LogP contribution >= 0.6 is 0 Å². The summed E-state index contributed by atoms with van der Waals surface area (Å²) < 4.78 is 62.0. The summed E-state index contributed by atoms with van der Waals surface area (Å²) in [6.07, 6.45) is -4.47. The molecule has 0 saturated heterocycles. The lowest BCUT2D eigenvalue weighted by atomic mass is 10.1. The lowest BCUT2D eigenvalue weighted by molar-refractivity contribution is -0.136. The number of nitrogens with zero attached hydrogens (tertiary/aromatic N) is 1. The molecule has 0 atom stereocenters. The van der Waals surface area contributed by atoms with Gasteiger partial charge in [-0.2, -0.15) is 13.2 Å². The number of hydrogen-bond donors (Lipinski definition) is 1. The van der Waals surface area contributed by atoms with Crippen molar-refractivity contribution < 1.29 is 21.6 Å². The molecule has 0 fully saturated rings. The molecule has 8 heteroatoms. The van der Waals surface area contributed by atoms with Crippen molar-refractivity contribution >= 4 is 15.7 Å². The second kappa shape index (κ2) is 5.79. The number of para-hydroxylation sites is 1. The molecule has 108 valence electrons. The quantitative estimate of drug-likeness (QED) is 0.904. The molecule has 4 nitrogen and oxygen atoms in total. The van der Waals surface area contributed by atoms with Gasteiger partial charge < -0.3 is 5.32 Å². The largest absolute Gasteiger partial charge is 0.418 e. The fourth-order valence-electron chi connectivity index (χ4n) is 1.38. The van der Waals surface area contributed by atoms with E-state index >= 15 is 0 Å². The Hall–Kier alpha value is -1.28. The van der Waals surface area contributed by atoms with E-state index in [1.54, 1.807) is 0 Å². The van der Waals surface area contributed by atoms with Crippen molar-refractivity contribution in [3.63, 3.8) is 0 Å². The molecule has 0 aliphatic heterocycles. The molecule has 0 radical (unpaired) electrons. The standard InChI is InChI=1S/C11H15F3N2O2S/c1-16(2)19(17,18)8-7-15-10-6-4-3-5-9(10)11(12,13)14/h3-6,15H,7-8H2,1-2H3. The van der Waals surface area contributed by atoms with Gasteiger partial charge in [-0.3, -0.25) is 0 Å². The van der Waals surface area contributed by atoms with E-state index in [0.29, 0.717) is 0 Å². The minimum absolute atomic E-state index is 0.0897. The van der Waals surface area contributed by atoms with Crippen LogP contribution in [0.5, 0.6) is 0 Å². The van der Waals surface area contributed by atoms with E-state index in [-0.39, 0.29) is 18.0 Å². The van der Waals surface area contributed by atoms with E-state index in [0.717, 1.165) is 10.4 Å². The summed E-state index contributed by atoms with van der Waals surface area (Å²) in [6, 6.07) is 4.95. The zero-order valence-corrected chi connectivity index (χ0v) is 11.3. The average molecular weight is 296 g/mol. The average Bonchev–Trinajstić information content (AvgIpc) is 2.27. The zero-order chi connectivity index (χ0) is 14.7. The van der Waals surface area contributed by atoms with Crippen LogP contribution in [0, 0.1) is 0 Å². The Morgan fingerprint density at radius 1 is 1.21 bits per heavy atom. The lowest BCUT2D eigenvalue weighted by Crippen LogP contribution is -2.28. The molecule has 0 aliphatic rings. The van der Waals surface area contributed by atoms with Crippen LogP contribution in [0.15, 0.2) is 24.3 Å². The van der Waals surface area contributed by atoms with Gasteiger partial charge in [-0.15, -0.1) is 0 Å². The molecule has 1 aromatic carbocycles. The molecule has 0 amide bonds. The first kappa shape index (κ1) is 15.8. The predicted octanol–water partition coefficient (Wildman–Crippen LogP) is 2.01. The van der Waals surface area contributed by atoms with Gasteiger partial charge in [0.2, 0.25) is 10.0 Å². The number of benzene rings is 1. The number of halogens is 3. The van der Waals surface area contributed by atoms with Crippen LogP contribution in [0.25, 0.3) is 0 Å². The van der Waals surface area contributed by atoms with E-state index in [1.165, 1.54) is 32.3 Å². The van der Waals surface area contributed by atoms with Gasteiger partial charge in [-0.25, -0.2) is 12.7 Å². The Bertz CT molecular complexity index is 527. The number of anilines is 1. The minimum Gasteiger partial charge on any atom is -0.383 e. The summed E-state index contributed by atoms with van der Waals surface area (Å²) >= 11 is 0. The molecule has 1 N–H and O–H groups in total. The molecular weight excluding hydrogens is 281 g/mol. The predicted molar refractivity (Wildman–Crippen MR) is 67.4 cm³/mol. The third kappa shape index (κ3) is 4.39. The molecule has 0 aliphatic carbocycles. The Balaban J connectivity index is 2.75. The van der Waals surface area contributed by atoms with Crippen LogP contribution in [-0.4, -0.2) is 39.1 Å². The molecular formula is C11H15F3N2O2S. The van der Waals surface area contributed by atoms with Gasteiger partial charge in [0.25, 0.3) is 0 Å². The number of alkyl halides is 3. The van der Waals surface area contributed by atoms with Crippen LogP contribution in [-0.2, 0) is 16.2 Å². The maximum absolute atomic E-state index is 12.7. The summed E-state index contributed by atoms with van der Waals surface area (Å²) in [5, 5.41) is 2.50. The summed E-state index contributed by atoms with van der Waals surface area (Å²) in [5.41, 5.74) is -0.929. The highest BCUT2D eigenvalue weighted by Gasteiger charge is 2.33. The smallest absolute Gasteiger partial charge is 0.383 e. The highest BCUT2D eigenvalue weighted by atomic mass is 32.2. The van der Waals surface area contributed by atoms with E-state index in [1.807, 2.05) is 0 Å². The number of nitrogens with one attached hydrogen (secondary N) is 1. The van der Waals surface area contributed by atoms with Crippen molar-refractivity contribution in [2.75, 3.05) is 31.7 Å². The Labute approximate surface area is 110 Å².